The molecule has 0 bridgehead atoms. The number of carbonyl (C=O) groups is 2. The maximum atomic E-state index is 12.1. The van der Waals surface area contributed by atoms with E-state index in [0.29, 0.717) is 12.1 Å². The maximum absolute atomic E-state index is 12.1. The molecular weight excluding hydrogens is 304 g/mol. The zero-order chi connectivity index (χ0) is 16.8. The molecule has 1 unspecified atom stereocenters. The van der Waals surface area contributed by atoms with E-state index in [9.17, 15) is 9.59 Å². The monoisotopic (exact) mass is 330 g/mol. The van der Waals surface area contributed by atoms with Crippen molar-refractivity contribution < 1.29 is 9.59 Å². The first kappa shape index (κ1) is 16.9. The summed E-state index contributed by atoms with van der Waals surface area (Å²) in [5.41, 5.74) is 1.36. The van der Waals surface area contributed by atoms with E-state index in [1.54, 1.807) is 24.3 Å². The van der Waals surface area contributed by atoms with Gasteiger partial charge < -0.3 is 20.9 Å². The van der Waals surface area contributed by atoms with E-state index in [1.807, 2.05) is 0 Å². The molecule has 2 saturated heterocycles. The molecule has 1 aromatic rings. The van der Waals surface area contributed by atoms with Gasteiger partial charge in [-0.05, 0) is 63.2 Å². The smallest absolute Gasteiger partial charge is 0.251 e. The standard InChI is InChI=1S/C18H26N4O2/c23-17(20-9-12-22-10-1-2-11-22)14-3-5-16(6-4-14)21-18(24)15-7-8-19-13-15/h3-6,15,19H,1-2,7-13H2,(H,20,23)(H,21,24). The van der Waals surface area contributed by atoms with Crippen LogP contribution in [0.1, 0.15) is 29.6 Å². The van der Waals surface area contributed by atoms with Crippen molar-refractivity contribution in [2.45, 2.75) is 19.3 Å². The third kappa shape index (κ3) is 4.55. The minimum absolute atomic E-state index is 0.0403. The van der Waals surface area contributed by atoms with Crippen LogP contribution in [0.2, 0.25) is 0 Å². The fourth-order valence-electron chi connectivity index (χ4n) is 3.26. The highest BCUT2D eigenvalue weighted by Gasteiger charge is 2.22. The number of carbonyl (C=O) groups excluding carboxylic acids is 2. The summed E-state index contributed by atoms with van der Waals surface area (Å²) in [5, 5.41) is 9.05. The third-order valence-electron chi connectivity index (χ3n) is 4.76. The Balaban J connectivity index is 1.44. The summed E-state index contributed by atoms with van der Waals surface area (Å²) in [5.74, 6) is 0.0217. The highest BCUT2D eigenvalue weighted by atomic mass is 16.2. The molecule has 3 N–H and O–H groups in total. The Morgan fingerprint density at radius 3 is 2.58 bits per heavy atom. The quantitative estimate of drug-likeness (QED) is 0.729. The summed E-state index contributed by atoms with van der Waals surface area (Å²) >= 11 is 0. The number of anilines is 1. The molecule has 1 atom stereocenters. The second-order valence-corrected chi connectivity index (χ2v) is 6.56. The summed E-state index contributed by atoms with van der Waals surface area (Å²) < 4.78 is 0. The van der Waals surface area contributed by atoms with Crippen molar-refractivity contribution in [3.8, 4) is 0 Å². The number of rotatable bonds is 6. The van der Waals surface area contributed by atoms with Crippen LogP contribution in [0.5, 0.6) is 0 Å². The highest BCUT2D eigenvalue weighted by molar-refractivity contribution is 5.96. The Bertz CT molecular complexity index is 561. The Hall–Kier alpha value is -1.92. The lowest BCUT2D eigenvalue weighted by atomic mass is 10.1. The van der Waals surface area contributed by atoms with Gasteiger partial charge in [-0.3, -0.25) is 9.59 Å². The molecule has 2 amide bonds. The topological polar surface area (TPSA) is 73.5 Å². The van der Waals surface area contributed by atoms with Gasteiger partial charge in [0.25, 0.3) is 5.91 Å². The van der Waals surface area contributed by atoms with Crippen molar-refractivity contribution in [2.75, 3.05) is 44.6 Å². The number of amides is 2. The molecule has 2 fully saturated rings. The van der Waals surface area contributed by atoms with Gasteiger partial charge in [0.05, 0.1) is 5.92 Å². The van der Waals surface area contributed by atoms with Crippen LogP contribution in [-0.2, 0) is 4.79 Å². The van der Waals surface area contributed by atoms with Crippen LogP contribution in [0, 0.1) is 5.92 Å². The van der Waals surface area contributed by atoms with Crippen LogP contribution < -0.4 is 16.0 Å². The van der Waals surface area contributed by atoms with Crippen molar-refractivity contribution in [1.82, 2.24) is 15.5 Å². The van der Waals surface area contributed by atoms with Crippen LogP contribution in [0.3, 0.4) is 0 Å². The lowest BCUT2D eigenvalue weighted by molar-refractivity contribution is -0.119. The highest BCUT2D eigenvalue weighted by Crippen LogP contribution is 2.14. The first-order valence-corrected chi connectivity index (χ1v) is 8.84. The van der Waals surface area contributed by atoms with E-state index < -0.39 is 0 Å². The molecule has 6 heteroatoms. The number of benzene rings is 1. The summed E-state index contributed by atoms with van der Waals surface area (Å²) in [4.78, 5) is 26.6. The van der Waals surface area contributed by atoms with Crippen molar-refractivity contribution in [2.24, 2.45) is 5.92 Å². The lowest BCUT2D eigenvalue weighted by Gasteiger charge is -2.15. The second-order valence-electron chi connectivity index (χ2n) is 6.56. The summed E-state index contributed by atoms with van der Waals surface area (Å²) in [6, 6.07) is 7.09. The maximum Gasteiger partial charge on any atom is 0.251 e. The first-order valence-electron chi connectivity index (χ1n) is 8.84. The fraction of sp³-hybridized carbons (Fsp3) is 0.556. The number of hydrogen-bond donors (Lipinski definition) is 3. The van der Waals surface area contributed by atoms with Gasteiger partial charge in [-0.25, -0.2) is 0 Å². The minimum Gasteiger partial charge on any atom is -0.351 e. The van der Waals surface area contributed by atoms with Gasteiger partial charge in [0.15, 0.2) is 0 Å². The molecule has 24 heavy (non-hydrogen) atoms. The third-order valence-corrected chi connectivity index (χ3v) is 4.76. The second kappa shape index (κ2) is 8.26. The van der Waals surface area contributed by atoms with Gasteiger partial charge in [-0.15, -0.1) is 0 Å². The van der Waals surface area contributed by atoms with Gasteiger partial charge in [0, 0.05) is 30.9 Å². The van der Waals surface area contributed by atoms with Crippen molar-refractivity contribution in [3.63, 3.8) is 0 Å². The molecule has 0 aromatic heterocycles. The van der Waals surface area contributed by atoms with Crippen LogP contribution >= 0.6 is 0 Å². The lowest BCUT2D eigenvalue weighted by Crippen LogP contribution is -2.33. The molecule has 0 radical (unpaired) electrons. The van der Waals surface area contributed by atoms with Gasteiger partial charge in [-0.2, -0.15) is 0 Å². The molecule has 2 aliphatic heterocycles. The van der Waals surface area contributed by atoms with Crippen LogP contribution in [-0.4, -0.2) is 56.0 Å². The number of likely N-dealkylation sites (tertiary alicyclic amines) is 1. The van der Waals surface area contributed by atoms with E-state index >= 15 is 0 Å². The predicted molar refractivity (Wildman–Crippen MR) is 94.1 cm³/mol. The molecule has 130 valence electrons. The van der Waals surface area contributed by atoms with E-state index in [4.69, 9.17) is 0 Å². The average Bonchev–Trinajstić information content (AvgIpc) is 3.29. The minimum atomic E-state index is -0.0629. The zero-order valence-corrected chi connectivity index (χ0v) is 14.0. The Labute approximate surface area is 143 Å². The van der Waals surface area contributed by atoms with E-state index in [2.05, 4.69) is 20.9 Å². The molecule has 6 nitrogen and oxygen atoms in total. The Kier molecular flexibility index (Phi) is 5.82. The molecule has 1 aromatic carbocycles. The Morgan fingerprint density at radius 1 is 1.17 bits per heavy atom. The van der Waals surface area contributed by atoms with E-state index in [1.165, 1.54) is 12.8 Å². The van der Waals surface area contributed by atoms with Gasteiger partial charge in [0.1, 0.15) is 0 Å². The van der Waals surface area contributed by atoms with Crippen molar-refractivity contribution >= 4 is 17.5 Å². The summed E-state index contributed by atoms with van der Waals surface area (Å²) in [7, 11) is 0. The number of nitrogens with zero attached hydrogens (tertiary/aromatic N) is 1. The average molecular weight is 330 g/mol. The van der Waals surface area contributed by atoms with E-state index in [-0.39, 0.29) is 17.7 Å². The zero-order valence-electron chi connectivity index (χ0n) is 14.0. The van der Waals surface area contributed by atoms with Crippen LogP contribution in [0.25, 0.3) is 0 Å². The SMILES string of the molecule is O=C(NCCN1CCCC1)c1ccc(NC(=O)C2CCNC2)cc1. The molecular formula is C18H26N4O2. The number of nitrogens with one attached hydrogen (secondary N) is 3. The fourth-order valence-corrected chi connectivity index (χ4v) is 3.26. The molecule has 3 rings (SSSR count). The predicted octanol–water partition coefficient (Wildman–Crippen LogP) is 1.06. The van der Waals surface area contributed by atoms with E-state index in [0.717, 1.165) is 44.8 Å². The van der Waals surface area contributed by atoms with Gasteiger partial charge >= 0.3 is 0 Å². The van der Waals surface area contributed by atoms with Gasteiger partial charge in [0.2, 0.25) is 5.91 Å². The van der Waals surface area contributed by atoms with Crippen molar-refractivity contribution in [1.29, 1.82) is 0 Å². The van der Waals surface area contributed by atoms with Gasteiger partial charge in [-0.1, -0.05) is 0 Å². The van der Waals surface area contributed by atoms with Crippen LogP contribution in [0.15, 0.2) is 24.3 Å². The first-order chi connectivity index (χ1) is 11.7. The molecule has 0 spiro atoms. The molecule has 0 saturated carbocycles. The molecule has 2 heterocycles. The Morgan fingerprint density at radius 2 is 1.92 bits per heavy atom. The summed E-state index contributed by atoms with van der Waals surface area (Å²) in [6.45, 7) is 5.50. The van der Waals surface area contributed by atoms with Crippen molar-refractivity contribution in [3.05, 3.63) is 29.8 Å². The molecule has 0 aliphatic carbocycles. The number of hydrogen-bond acceptors (Lipinski definition) is 4. The normalized spacial score (nSPS) is 20.9. The largest absolute Gasteiger partial charge is 0.351 e. The van der Waals surface area contributed by atoms with Crippen LogP contribution in [0.4, 0.5) is 5.69 Å². The molecule has 2 aliphatic rings. The summed E-state index contributed by atoms with van der Waals surface area (Å²) in [6.07, 6.45) is 3.40.